The number of Topliss-reactive ketones (excluding diaryl/α,β-unsaturated/α-hetero) is 1. The van der Waals surface area contributed by atoms with Crippen molar-refractivity contribution in [1.29, 1.82) is 0 Å². The van der Waals surface area contributed by atoms with E-state index < -0.39 is 35.7 Å². The molecule has 1 aliphatic heterocycles. The van der Waals surface area contributed by atoms with Crippen LogP contribution in [0.4, 0.5) is 5.69 Å². The molecular formula is C33H36N2O7. The van der Waals surface area contributed by atoms with Gasteiger partial charge >= 0.3 is 5.97 Å². The fraction of sp³-hybridized carbons (Fsp3) is 0.333. The molecule has 1 N–H and O–H groups in total. The number of nitrogens with zero attached hydrogens (tertiary/aromatic N) is 1. The zero-order valence-electron chi connectivity index (χ0n) is 24.3. The van der Waals surface area contributed by atoms with Gasteiger partial charge in [0.25, 0.3) is 11.7 Å². The first-order valence-corrected chi connectivity index (χ1v) is 13.9. The van der Waals surface area contributed by atoms with Crippen LogP contribution in [-0.4, -0.2) is 57.0 Å². The van der Waals surface area contributed by atoms with E-state index in [0.29, 0.717) is 42.0 Å². The van der Waals surface area contributed by atoms with Gasteiger partial charge in [-0.15, -0.1) is 0 Å². The van der Waals surface area contributed by atoms with E-state index in [1.54, 1.807) is 19.1 Å². The number of anilines is 1. The predicted octanol–water partition coefficient (Wildman–Crippen LogP) is 4.22. The lowest BCUT2D eigenvalue weighted by Gasteiger charge is -2.36. The topological polar surface area (TPSA) is 111 Å². The number of benzene rings is 3. The van der Waals surface area contributed by atoms with Crippen molar-refractivity contribution in [3.8, 4) is 11.5 Å². The van der Waals surface area contributed by atoms with E-state index in [9.17, 15) is 19.2 Å². The number of aryl methyl sites for hydroxylation is 2. The summed E-state index contributed by atoms with van der Waals surface area (Å²) in [5.41, 5.74) is 3.21. The number of carbonyl (C=O) groups is 4. The van der Waals surface area contributed by atoms with Crippen molar-refractivity contribution < 1.29 is 33.4 Å². The zero-order chi connectivity index (χ0) is 30.2. The molecule has 0 aliphatic carbocycles. The van der Waals surface area contributed by atoms with Crippen molar-refractivity contribution in [2.45, 2.75) is 51.1 Å². The van der Waals surface area contributed by atoms with Crippen molar-refractivity contribution in [2.75, 3.05) is 26.2 Å². The number of ether oxygens (including phenoxy) is 3. The summed E-state index contributed by atoms with van der Waals surface area (Å²) >= 11 is 0. The summed E-state index contributed by atoms with van der Waals surface area (Å²) in [5, 5.41) is 2.80. The standard InChI is InChI=1S/C33H36N2O7/c1-21-28(40-2)19-24(20-29(21)41-3)30(36)32(38)35-26-16-9-8-14-23(26)17-18-27(35)31(37)34-25(33(39)42-4)15-10-13-22-11-6-5-7-12-22/h5-9,11-12,14,16,19-20,25,27H,10,13,15,17-18H2,1-4H3,(H,34,37)/t25?,27-/m0/s1. The van der Waals surface area contributed by atoms with Crippen LogP contribution in [0.2, 0.25) is 0 Å². The highest BCUT2D eigenvalue weighted by Crippen LogP contribution is 2.33. The third-order valence-corrected chi connectivity index (χ3v) is 7.58. The molecule has 2 amide bonds. The van der Waals surface area contributed by atoms with Crippen LogP contribution >= 0.6 is 0 Å². The first-order chi connectivity index (χ1) is 20.3. The second kappa shape index (κ2) is 13.8. The highest BCUT2D eigenvalue weighted by molar-refractivity contribution is 6.48. The molecule has 1 aliphatic rings. The molecule has 0 bridgehead atoms. The van der Waals surface area contributed by atoms with Crippen molar-refractivity contribution in [2.24, 2.45) is 0 Å². The molecule has 2 atom stereocenters. The third-order valence-electron chi connectivity index (χ3n) is 7.58. The van der Waals surface area contributed by atoms with Crippen LogP contribution in [0.15, 0.2) is 66.7 Å². The first kappa shape index (κ1) is 30.3. The van der Waals surface area contributed by atoms with E-state index in [1.165, 1.54) is 38.4 Å². The Bertz CT molecular complexity index is 1430. The Morgan fingerprint density at radius 1 is 0.929 bits per heavy atom. The van der Waals surface area contributed by atoms with E-state index in [-0.39, 0.29) is 12.0 Å². The molecule has 0 saturated heterocycles. The SMILES string of the molecule is COC(=O)C(CCCc1ccccc1)NC(=O)[C@@H]1CCc2ccccc2N1C(=O)C(=O)c1cc(OC)c(C)c(OC)c1. The van der Waals surface area contributed by atoms with Gasteiger partial charge in [-0.3, -0.25) is 19.3 Å². The molecule has 0 radical (unpaired) electrons. The maximum absolute atomic E-state index is 13.9. The van der Waals surface area contributed by atoms with E-state index >= 15 is 0 Å². The number of esters is 1. The van der Waals surface area contributed by atoms with E-state index in [1.807, 2.05) is 42.5 Å². The van der Waals surface area contributed by atoms with Gasteiger partial charge < -0.3 is 19.5 Å². The van der Waals surface area contributed by atoms with E-state index in [2.05, 4.69) is 5.32 Å². The average molecular weight is 573 g/mol. The summed E-state index contributed by atoms with van der Waals surface area (Å²) in [6, 6.07) is 18.1. The number of hydrogen-bond acceptors (Lipinski definition) is 7. The van der Waals surface area contributed by atoms with Gasteiger partial charge in [0.05, 0.1) is 21.3 Å². The Balaban J connectivity index is 1.60. The normalized spacial score (nSPS) is 14.8. The molecular weight excluding hydrogens is 536 g/mol. The van der Waals surface area contributed by atoms with Gasteiger partial charge in [-0.25, -0.2) is 4.79 Å². The number of carbonyl (C=O) groups excluding carboxylic acids is 4. The largest absolute Gasteiger partial charge is 0.496 e. The van der Waals surface area contributed by atoms with Gasteiger partial charge in [0.2, 0.25) is 5.91 Å². The Labute approximate surface area is 245 Å². The Hall–Kier alpha value is -4.66. The minimum Gasteiger partial charge on any atom is -0.496 e. The van der Waals surface area contributed by atoms with Gasteiger partial charge in [-0.05, 0) is 68.4 Å². The van der Waals surface area contributed by atoms with Crippen molar-refractivity contribution in [1.82, 2.24) is 5.32 Å². The van der Waals surface area contributed by atoms with Crippen LogP contribution in [0.3, 0.4) is 0 Å². The number of methoxy groups -OCH3 is 3. The minimum absolute atomic E-state index is 0.0786. The van der Waals surface area contributed by atoms with Crippen LogP contribution in [-0.2, 0) is 32.0 Å². The summed E-state index contributed by atoms with van der Waals surface area (Å²) in [7, 11) is 4.21. The Morgan fingerprint density at radius 3 is 2.21 bits per heavy atom. The third kappa shape index (κ3) is 6.62. The lowest BCUT2D eigenvalue weighted by Crippen LogP contribution is -2.56. The summed E-state index contributed by atoms with van der Waals surface area (Å²) < 4.78 is 15.8. The molecule has 3 aromatic rings. The molecule has 0 fully saturated rings. The zero-order valence-corrected chi connectivity index (χ0v) is 24.3. The number of ketones is 1. The van der Waals surface area contributed by atoms with Crippen molar-refractivity contribution >= 4 is 29.3 Å². The highest BCUT2D eigenvalue weighted by Gasteiger charge is 2.40. The van der Waals surface area contributed by atoms with Crippen LogP contribution in [0.5, 0.6) is 11.5 Å². The lowest BCUT2D eigenvalue weighted by molar-refractivity contribution is -0.145. The van der Waals surface area contributed by atoms with Gasteiger partial charge in [-0.2, -0.15) is 0 Å². The molecule has 1 heterocycles. The van der Waals surface area contributed by atoms with Crippen LogP contribution in [0, 0.1) is 6.92 Å². The molecule has 4 rings (SSSR count). The summed E-state index contributed by atoms with van der Waals surface area (Å²) in [4.78, 5) is 55.1. The monoisotopic (exact) mass is 572 g/mol. The molecule has 0 aromatic heterocycles. The molecule has 9 nitrogen and oxygen atoms in total. The predicted molar refractivity (Wildman–Crippen MR) is 158 cm³/mol. The average Bonchev–Trinajstić information content (AvgIpc) is 3.03. The summed E-state index contributed by atoms with van der Waals surface area (Å²) in [6.07, 6.45) is 2.52. The highest BCUT2D eigenvalue weighted by atomic mass is 16.5. The quantitative estimate of drug-likeness (QED) is 0.208. The van der Waals surface area contributed by atoms with Crippen molar-refractivity contribution in [3.05, 3.63) is 89.0 Å². The number of fused-ring (bicyclic) bond motifs is 1. The second-order valence-corrected chi connectivity index (χ2v) is 10.2. The number of rotatable bonds is 11. The van der Waals surface area contributed by atoms with E-state index in [4.69, 9.17) is 14.2 Å². The van der Waals surface area contributed by atoms with Gasteiger partial charge in [0.15, 0.2) is 0 Å². The maximum atomic E-state index is 13.9. The Kier molecular flexibility index (Phi) is 9.96. The van der Waals surface area contributed by atoms with Crippen LogP contribution < -0.4 is 19.7 Å². The number of amides is 2. The van der Waals surface area contributed by atoms with Gasteiger partial charge in [-0.1, -0.05) is 48.5 Å². The summed E-state index contributed by atoms with van der Waals surface area (Å²) in [5.74, 6) is -1.98. The molecule has 220 valence electrons. The molecule has 0 saturated carbocycles. The lowest BCUT2D eigenvalue weighted by atomic mass is 9.93. The summed E-state index contributed by atoms with van der Waals surface area (Å²) in [6.45, 7) is 1.78. The van der Waals surface area contributed by atoms with Crippen molar-refractivity contribution in [3.63, 3.8) is 0 Å². The first-order valence-electron chi connectivity index (χ1n) is 13.9. The maximum Gasteiger partial charge on any atom is 0.328 e. The van der Waals surface area contributed by atoms with Crippen LogP contribution in [0.1, 0.15) is 46.3 Å². The van der Waals surface area contributed by atoms with Gasteiger partial charge in [0.1, 0.15) is 23.6 Å². The second-order valence-electron chi connectivity index (χ2n) is 10.2. The molecule has 42 heavy (non-hydrogen) atoms. The number of hydrogen-bond donors (Lipinski definition) is 1. The molecule has 1 unspecified atom stereocenters. The molecule has 0 spiro atoms. The Morgan fingerprint density at radius 2 is 1.57 bits per heavy atom. The number of para-hydroxylation sites is 1. The van der Waals surface area contributed by atoms with E-state index in [0.717, 1.165) is 17.5 Å². The minimum atomic E-state index is -1.01. The van der Waals surface area contributed by atoms with Crippen LogP contribution in [0.25, 0.3) is 0 Å². The fourth-order valence-corrected chi connectivity index (χ4v) is 5.31. The van der Waals surface area contributed by atoms with Gasteiger partial charge in [0, 0.05) is 16.8 Å². The fourth-order valence-electron chi connectivity index (χ4n) is 5.31. The smallest absolute Gasteiger partial charge is 0.328 e. The number of nitrogens with one attached hydrogen (secondary N) is 1. The molecule has 9 heteroatoms. The molecule has 3 aromatic carbocycles.